The smallest absolute Gasteiger partial charge is 0.102 e. The van der Waals surface area contributed by atoms with Crippen molar-refractivity contribution in [3.05, 3.63) is 96.1 Å². The second-order valence-electron chi connectivity index (χ2n) is 6.23. The third-order valence-corrected chi connectivity index (χ3v) is 4.73. The van der Waals surface area contributed by atoms with Crippen molar-refractivity contribution >= 4 is 21.5 Å². The molecule has 25 heavy (non-hydrogen) atoms. The van der Waals surface area contributed by atoms with Gasteiger partial charge in [0.15, 0.2) is 0 Å². The van der Waals surface area contributed by atoms with Crippen LogP contribution in [0.25, 0.3) is 21.5 Å². The number of benzene rings is 4. The van der Waals surface area contributed by atoms with Crippen molar-refractivity contribution in [2.24, 2.45) is 0 Å². The van der Waals surface area contributed by atoms with Crippen LogP contribution in [0.1, 0.15) is 23.1 Å². The Morgan fingerprint density at radius 2 is 1.40 bits per heavy atom. The van der Waals surface area contributed by atoms with E-state index < -0.39 is 12.0 Å². The molecule has 0 amide bonds. The van der Waals surface area contributed by atoms with E-state index in [1.54, 1.807) is 0 Å². The summed E-state index contributed by atoms with van der Waals surface area (Å²) in [6.45, 7) is 0. The Labute approximate surface area is 146 Å². The third-order valence-electron chi connectivity index (χ3n) is 4.73. The normalized spacial score (nSPS) is 13.4. The van der Waals surface area contributed by atoms with Gasteiger partial charge in [0.05, 0.1) is 12.2 Å². The number of aliphatic hydroxyl groups excluding tert-OH is 1. The highest BCUT2D eigenvalue weighted by Crippen LogP contribution is 2.35. The van der Waals surface area contributed by atoms with Crippen LogP contribution in [0.4, 0.5) is 0 Å². The Balaban J connectivity index is 1.80. The van der Waals surface area contributed by atoms with Gasteiger partial charge < -0.3 is 5.11 Å². The van der Waals surface area contributed by atoms with Gasteiger partial charge in [0.2, 0.25) is 0 Å². The zero-order valence-corrected chi connectivity index (χ0v) is 13.6. The molecule has 0 aliphatic rings. The molecule has 0 saturated heterocycles. The molecular formula is C23H17NO. The second-order valence-corrected chi connectivity index (χ2v) is 6.23. The van der Waals surface area contributed by atoms with Crippen LogP contribution in [0.2, 0.25) is 0 Å². The molecule has 0 unspecified atom stereocenters. The van der Waals surface area contributed by atoms with Gasteiger partial charge in [-0.3, -0.25) is 0 Å². The molecule has 0 saturated carbocycles. The molecule has 0 spiro atoms. The summed E-state index contributed by atoms with van der Waals surface area (Å²) in [6.07, 6.45) is -0.875. The summed E-state index contributed by atoms with van der Waals surface area (Å²) < 4.78 is 0. The Bertz CT molecular complexity index is 1090. The van der Waals surface area contributed by atoms with Crippen molar-refractivity contribution in [1.82, 2.24) is 0 Å². The molecule has 4 rings (SSSR count). The lowest BCUT2D eigenvalue weighted by molar-refractivity contribution is 0.165. The maximum atomic E-state index is 10.9. The molecule has 120 valence electrons. The van der Waals surface area contributed by atoms with Gasteiger partial charge in [-0.1, -0.05) is 78.9 Å². The van der Waals surface area contributed by atoms with Gasteiger partial charge in [-0.05, 0) is 38.7 Å². The van der Waals surface area contributed by atoms with Crippen LogP contribution in [0.15, 0.2) is 84.9 Å². The highest BCUT2D eigenvalue weighted by Gasteiger charge is 2.24. The predicted molar refractivity (Wildman–Crippen MR) is 101 cm³/mol. The lowest BCUT2D eigenvalue weighted by Crippen LogP contribution is -2.09. The van der Waals surface area contributed by atoms with Crippen LogP contribution >= 0.6 is 0 Å². The van der Waals surface area contributed by atoms with Crippen LogP contribution in [-0.2, 0) is 0 Å². The van der Waals surface area contributed by atoms with E-state index in [2.05, 4.69) is 6.07 Å². The van der Waals surface area contributed by atoms with Crippen molar-refractivity contribution in [1.29, 1.82) is 5.26 Å². The average molecular weight is 323 g/mol. The first kappa shape index (κ1) is 15.4. The number of rotatable bonds is 3. The molecule has 2 nitrogen and oxygen atoms in total. The summed E-state index contributed by atoms with van der Waals surface area (Å²) in [5, 5.41) is 25.0. The maximum absolute atomic E-state index is 10.9. The summed E-state index contributed by atoms with van der Waals surface area (Å²) >= 11 is 0. The van der Waals surface area contributed by atoms with Crippen molar-refractivity contribution in [3.63, 3.8) is 0 Å². The highest BCUT2D eigenvalue weighted by atomic mass is 16.3. The van der Waals surface area contributed by atoms with Crippen molar-refractivity contribution in [2.75, 3.05) is 0 Å². The topological polar surface area (TPSA) is 44.0 Å². The molecule has 4 aromatic carbocycles. The van der Waals surface area contributed by atoms with Crippen LogP contribution in [0.3, 0.4) is 0 Å². The molecule has 2 atom stereocenters. The molecule has 0 aliphatic heterocycles. The fraction of sp³-hybridized carbons (Fsp3) is 0.0870. The number of aliphatic hydroxyl groups is 1. The summed E-state index contributed by atoms with van der Waals surface area (Å²) in [4.78, 5) is 0. The van der Waals surface area contributed by atoms with Gasteiger partial charge >= 0.3 is 0 Å². The van der Waals surface area contributed by atoms with Gasteiger partial charge in [-0.2, -0.15) is 5.26 Å². The van der Waals surface area contributed by atoms with E-state index in [0.717, 1.165) is 32.7 Å². The van der Waals surface area contributed by atoms with E-state index in [1.807, 2.05) is 84.9 Å². The van der Waals surface area contributed by atoms with Gasteiger partial charge in [-0.15, -0.1) is 0 Å². The maximum Gasteiger partial charge on any atom is 0.102 e. The molecule has 0 fully saturated rings. The lowest BCUT2D eigenvalue weighted by Gasteiger charge is -2.19. The van der Waals surface area contributed by atoms with Gasteiger partial charge in [0, 0.05) is 0 Å². The second kappa shape index (κ2) is 6.39. The molecule has 4 aromatic rings. The quantitative estimate of drug-likeness (QED) is 0.553. The van der Waals surface area contributed by atoms with Crippen LogP contribution in [0.5, 0.6) is 0 Å². The number of hydrogen-bond donors (Lipinski definition) is 1. The Hall–Kier alpha value is -3.15. The summed E-state index contributed by atoms with van der Waals surface area (Å²) in [5.41, 5.74) is 1.62. The summed E-state index contributed by atoms with van der Waals surface area (Å²) in [5.74, 6) is -0.618. The third kappa shape index (κ3) is 2.76. The van der Waals surface area contributed by atoms with E-state index in [-0.39, 0.29) is 0 Å². The number of fused-ring (bicyclic) bond motifs is 2. The molecule has 2 heteroatoms. The molecule has 0 aromatic heterocycles. The zero-order valence-electron chi connectivity index (χ0n) is 13.6. The van der Waals surface area contributed by atoms with Gasteiger partial charge in [0.1, 0.15) is 5.92 Å². The Kier molecular flexibility index (Phi) is 3.93. The van der Waals surface area contributed by atoms with E-state index in [0.29, 0.717) is 0 Å². The largest absolute Gasteiger partial charge is 0.387 e. The number of hydrogen-bond acceptors (Lipinski definition) is 2. The number of nitrogens with zero attached hydrogens (tertiary/aromatic N) is 1. The fourth-order valence-corrected chi connectivity index (χ4v) is 3.42. The minimum absolute atomic E-state index is 0.618. The van der Waals surface area contributed by atoms with Gasteiger partial charge in [0.25, 0.3) is 0 Å². The standard InChI is InChI=1S/C23H17NO/c24-15-22(21-11-5-9-17-7-3-4-10-20(17)21)23(25)19-13-12-16-6-1-2-8-18(16)14-19/h1-14,22-23,25H/t22-,23-/m0/s1. The van der Waals surface area contributed by atoms with Crippen LogP contribution < -0.4 is 0 Å². The van der Waals surface area contributed by atoms with E-state index in [1.165, 1.54) is 0 Å². The fourth-order valence-electron chi connectivity index (χ4n) is 3.42. The monoisotopic (exact) mass is 323 g/mol. The molecule has 0 radical (unpaired) electrons. The number of nitriles is 1. The Morgan fingerprint density at radius 1 is 0.720 bits per heavy atom. The SMILES string of the molecule is N#C[C@@H](c1cccc2ccccc12)[C@@H](O)c1ccc2ccccc2c1. The minimum Gasteiger partial charge on any atom is -0.387 e. The van der Waals surface area contributed by atoms with Gasteiger partial charge in [-0.25, -0.2) is 0 Å². The first-order valence-corrected chi connectivity index (χ1v) is 8.32. The molecule has 0 aliphatic carbocycles. The summed E-state index contributed by atoms with van der Waals surface area (Å²) in [7, 11) is 0. The molecule has 0 bridgehead atoms. The van der Waals surface area contributed by atoms with E-state index in [9.17, 15) is 10.4 Å². The minimum atomic E-state index is -0.875. The van der Waals surface area contributed by atoms with Crippen LogP contribution in [0, 0.1) is 11.3 Å². The van der Waals surface area contributed by atoms with E-state index in [4.69, 9.17) is 0 Å². The zero-order chi connectivity index (χ0) is 17.2. The Morgan fingerprint density at radius 3 is 2.20 bits per heavy atom. The first-order chi connectivity index (χ1) is 12.3. The predicted octanol–water partition coefficient (Wildman–Crippen LogP) is 5.33. The van der Waals surface area contributed by atoms with Crippen molar-refractivity contribution in [2.45, 2.75) is 12.0 Å². The molecule has 1 N–H and O–H groups in total. The molecular weight excluding hydrogens is 306 g/mol. The van der Waals surface area contributed by atoms with Crippen LogP contribution in [-0.4, -0.2) is 5.11 Å². The summed E-state index contributed by atoms with van der Waals surface area (Å²) in [6, 6.07) is 30.1. The molecule has 0 heterocycles. The first-order valence-electron chi connectivity index (χ1n) is 8.32. The highest BCUT2D eigenvalue weighted by molar-refractivity contribution is 5.87. The van der Waals surface area contributed by atoms with Crippen molar-refractivity contribution in [3.8, 4) is 6.07 Å². The van der Waals surface area contributed by atoms with E-state index >= 15 is 0 Å². The lowest BCUT2D eigenvalue weighted by atomic mass is 9.87. The van der Waals surface area contributed by atoms with Crippen molar-refractivity contribution < 1.29 is 5.11 Å². The average Bonchev–Trinajstić information content (AvgIpc) is 2.68.